The summed E-state index contributed by atoms with van der Waals surface area (Å²) in [5.74, 6) is 2.37. The number of halogens is 2. The van der Waals surface area contributed by atoms with Crippen LogP contribution in [-0.4, -0.2) is 35.9 Å². The topological polar surface area (TPSA) is 58.6 Å². The maximum absolute atomic E-state index is 12.9. The van der Waals surface area contributed by atoms with E-state index in [1.807, 2.05) is 0 Å². The summed E-state index contributed by atoms with van der Waals surface area (Å²) in [4.78, 5) is 27.3. The van der Waals surface area contributed by atoms with Crippen molar-refractivity contribution < 1.29 is 14.3 Å². The molecule has 1 saturated heterocycles. The Balaban J connectivity index is 1.74. The molecule has 144 valence electrons. The van der Waals surface area contributed by atoms with E-state index < -0.39 is 6.04 Å². The Morgan fingerprint density at radius 3 is 2.86 bits per heavy atom. The van der Waals surface area contributed by atoms with Crippen molar-refractivity contribution >= 4 is 40.7 Å². The fraction of sp³-hybridized carbons (Fsp3) is 0.238. The van der Waals surface area contributed by atoms with Gasteiger partial charge in [0.25, 0.3) is 5.91 Å². The lowest BCUT2D eigenvalue weighted by molar-refractivity contribution is -0.119. The summed E-state index contributed by atoms with van der Waals surface area (Å²) >= 11 is 12.1. The fourth-order valence-corrected chi connectivity index (χ4v) is 3.48. The van der Waals surface area contributed by atoms with Gasteiger partial charge >= 0.3 is 0 Å². The summed E-state index contributed by atoms with van der Waals surface area (Å²) in [7, 11) is 0. The molecule has 2 aromatic carbocycles. The first-order chi connectivity index (χ1) is 13.5. The summed E-state index contributed by atoms with van der Waals surface area (Å²) in [6.07, 6.45) is 6.49. The Bertz CT molecular complexity index is 939. The maximum Gasteiger partial charge on any atom is 0.256 e. The van der Waals surface area contributed by atoms with Gasteiger partial charge in [0.15, 0.2) is 0 Å². The van der Waals surface area contributed by atoms with Gasteiger partial charge in [0, 0.05) is 23.3 Å². The first-order valence-electron chi connectivity index (χ1n) is 8.73. The van der Waals surface area contributed by atoms with Crippen LogP contribution in [0.1, 0.15) is 23.2 Å². The normalized spacial score (nSPS) is 15.8. The smallest absolute Gasteiger partial charge is 0.256 e. The average Bonchev–Trinajstić information content (AvgIpc) is 3.18. The number of ether oxygens (including phenoxy) is 1. The molecule has 7 heteroatoms. The van der Waals surface area contributed by atoms with Gasteiger partial charge in [0.1, 0.15) is 18.4 Å². The Labute approximate surface area is 173 Å². The molecule has 3 rings (SSSR count). The van der Waals surface area contributed by atoms with Crippen molar-refractivity contribution in [2.24, 2.45) is 0 Å². The van der Waals surface area contributed by atoms with Crippen molar-refractivity contribution in [3.8, 4) is 18.1 Å². The summed E-state index contributed by atoms with van der Waals surface area (Å²) < 4.78 is 5.37. The predicted octanol–water partition coefficient (Wildman–Crippen LogP) is 4.25. The van der Waals surface area contributed by atoms with Gasteiger partial charge in [-0.05, 0) is 43.2 Å². The van der Waals surface area contributed by atoms with Crippen LogP contribution < -0.4 is 10.1 Å². The van der Waals surface area contributed by atoms with E-state index in [0.717, 1.165) is 6.42 Å². The number of nitrogens with one attached hydrogen (secondary N) is 1. The first kappa shape index (κ1) is 20.1. The molecular formula is C21H18Cl2N2O3. The highest BCUT2D eigenvalue weighted by Crippen LogP contribution is 2.27. The number of hydrogen-bond donors (Lipinski definition) is 1. The molecule has 28 heavy (non-hydrogen) atoms. The third-order valence-electron chi connectivity index (χ3n) is 4.40. The number of carbonyl (C=O) groups is 2. The maximum atomic E-state index is 12.9. The fourth-order valence-electron chi connectivity index (χ4n) is 3.11. The molecule has 0 radical (unpaired) electrons. The Hall–Kier alpha value is -2.68. The molecule has 1 atom stereocenters. The van der Waals surface area contributed by atoms with E-state index in [0.29, 0.717) is 40.0 Å². The molecule has 5 nitrogen and oxygen atoms in total. The lowest BCUT2D eigenvalue weighted by atomic mass is 10.1. The van der Waals surface area contributed by atoms with Gasteiger partial charge in [0.2, 0.25) is 5.91 Å². The number of rotatable bonds is 5. The van der Waals surface area contributed by atoms with Crippen LogP contribution in [0.4, 0.5) is 5.69 Å². The van der Waals surface area contributed by atoms with Crippen LogP contribution in [0.3, 0.4) is 0 Å². The largest absolute Gasteiger partial charge is 0.481 e. The van der Waals surface area contributed by atoms with Crippen LogP contribution >= 0.6 is 23.2 Å². The molecule has 1 N–H and O–H groups in total. The highest BCUT2D eigenvalue weighted by Gasteiger charge is 2.35. The van der Waals surface area contributed by atoms with Crippen molar-refractivity contribution in [2.45, 2.75) is 18.9 Å². The second-order valence-corrected chi connectivity index (χ2v) is 7.13. The van der Waals surface area contributed by atoms with Gasteiger partial charge < -0.3 is 15.0 Å². The van der Waals surface area contributed by atoms with Gasteiger partial charge in [-0.25, -0.2) is 0 Å². The minimum Gasteiger partial charge on any atom is -0.481 e. The number of carbonyl (C=O) groups excluding carboxylic acids is 2. The molecule has 0 aliphatic carbocycles. The molecule has 0 spiro atoms. The van der Waals surface area contributed by atoms with E-state index in [1.165, 1.54) is 11.0 Å². The minimum atomic E-state index is -0.585. The van der Waals surface area contributed by atoms with Crippen molar-refractivity contribution in [1.82, 2.24) is 4.90 Å². The van der Waals surface area contributed by atoms with Crippen molar-refractivity contribution in [3.05, 3.63) is 58.1 Å². The lowest BCUT2D eigenvalue weighted by Crippen LogP contribution is -2.43. The van der Waals surface area contributed by atoms with Crippen molar-refractivity contribution in [2.75, 3.05) is 18.5 Å². The molecular weight excluding hydrogens is 399 g/mol. The van der Waals surface area contributed by atoms with Crippen molar-refractivity contribution in [1.29, 1.82) is 0 Å². The highest BCUT2D eigenvalue weighted by atomic mass is 35.5. The summed E-state index contributed by atoms with van der Waals surface area (Å²) in [5.41, 5.74) is 0.859. The lowest BCUT2D eigenvalue weighted by Gasteiger charge is -2.24. The predicted molar refractivity (Wildman–Crippen MR) is 110 cm³/mol. The van der Waals surface area contributed by atoms with E-state index in [2.05, 4.69) is 11.2 Å². The second kappa shape index (κ2) is 9.01. The molecule has 1 aliphatic rings. The van der Waals surface area contributed by atoms with Crippen molar-refractivity contribution in [3.63, 3.8) is 0 Å². The number of benzene rings is 2. The minimum absolute atomic E-state index is 0.142. The molecule has 1 aliphatic heterocycles. The summed E-state index contributed by atoms with van der Waals surface area (Å²) in [5, 5.41) is 3.56. The zero-order valence-corrected chi connectivity index (χ0v) is 16.5. The Morgan fingerprint density at radius 1 is 1.25 bits per heavy atom. The molecule has 0 saturated carbocycles. The SMILES string of the molecule is C#CCOc1cccc(NC(=O)C2CCCN2C(=O)c2cc(Cl)ccc2Cl)c1. The quantitative estimate of drug-likeness (QED) is 0.741. The number of terminal acetylenes is 1. The molecule has 2 amide bonds. The standard InChI is InChI=1S/C21H18Cl2N2O3/c1-2-11-28-16-6-3-5-15(13-16)24-20(26)19-7-4-10-25(19)21(27)17-12-14(22)8-9-18(17)23/h1,3,5-6,8-9,12-13,19H,4,7,10-11H2,(H,24,26). The van der Waals surface area contributed by atoms with Crippen LogP contribution in [0.25, 0.3) is 0 Å². The number of amides is 2. The van der Waals surface area contributed by atoms with Crippen LogP contribution in [0, 0.1) is 12.3 Å². The van der Waals surface area contributed by atoms with E-state index in [1.54, 1.807) is 36.4 Å². The first-order valence-corrected chi connectivity index (χ1v) is 9.48. The van der Waals surface area contributed by atoms with Crippen LogP contribution in [0.15, 0.2) is 42.5 Å². The number of anilines is 1. The van der Waals surface area contributed by atoms with E-state index in [9.17, 15) is 9.59 Å². The van der Waals surface area contributed by atoms with Gasteiger partial charge in [-0.15, -0.1) is 6.42 Å². The highest BCUT2D eigenvalue weighted by molar-refractivity contribution is 6.35. The number of likely N-dealkylation sites (tertiary alicyclic amines) is 1. The molecule has 1 fully saturated rings. The molecule has 2 aromatic rings. The van der Waals surface area contributed by atoms with Crippen LogP contribution in [0.5, 0.6) is 5.75 Å². The summed E-state index contributed by atoms with van der Waals surface area (Å²) in [6, 6.07) is 11.1. The van der Waals surface area contributed by atoms with Gasteiger partial charge in [-0.2, -0.15) is 0 Å². The van der Waals surface area contributed by atoms with E-state index in [-0.39, 0.29) is 18.4 Å². The summed E-state index contributed by atoms with van der Waals surface area (Å²) in [6.45, 7) is 0.619. The van der Waals surface area contributed by atoms with Gasteiger partial charge in [0.05, 0.1) is 10.6 Å². The molecule has 0 bridgehead atoms. The van der Waals surface area contributed by atoms with Gasteiger partial charge in [-0.1, -0.05) is 35.2 Å². The third kappa shape index (κ3) is 4.59. The van der Waals surface area contributed by atoms with E-state index in [4.69, 9.17) is 34.4 Å². The zero-order valence-electron chi connectivity index (χ0n) is 15.0. The molecule has 0 aromatic heterocycles. The third-order valence-corrected chi connectivity index (χ3v) is 4.96. The zero-order chi connectivity index (χ0) is 20.1. The second-order valence-electron chi connectivity index (χ2n) is 6.29. The van der Waals surface area contributed by atoms with Gasteiger partial charge in [-0.3, -0.25) is 9.59 Å². The van der Waals surface area contributed by atoms with E-state index >= 15 is 0 Å². The number of hydrogen-bond acceptors (Lipinski definition) is 3. The molecule has 1 unspecified atom stereocenters. The average molecular weight is 417 g/mol. The van der Waals surface area contributed by atoms with Crippen LogP contribution in [0.2, 0.25) is 10.0 Å². The monoisotopic (exact) mass is 416 g/mol. The van der Waals surface area contributed by atoms with Crippen LogP contribution in [-0.2, 0) is 4.79 Å². The number of nitrogens with zero attached hydrogens (tertiary/aromatic N) is 1. The Morgan fingerprint density at radius 2 is 2.07 bits per heavy atom. The molecule has 1 heterocycles. The Kier molecular flexibility index (Phi) is 6.45.